The van der Waals surface area contributed by atoms with Gasteiger partial charge in [0.2, 0.25) is 0 Å². The standard InChI is InChI=1S/C18H19BrN2O2S/c1-3-12(2)23-16-9-4-6-13(10-16)17(22)21-18(24)20-15-8-5-7-14(19)11-15/h4-12H,3H2,1-2H3,(H2,20,21,22,24). The summed E-state index contributed by atoms with van der Waals surface area (Å²) in [4.78, 5) is 12.3. The number of ether oxygens (including phenoxy) is 1. The van der Waals surface area contributed by atoms with Gasteiger partial charge in [0.25, 0.3) is 5.91 Å². The molecule has 126 valence electrons. The zero-order chi connectivity index (χ0) is 17.5. The van der Waals surface area contributed by atoms with Gasteiger partial charge in [0.15, 0.2) is 5.11 Å². The van der Waals surface area contributed by atoms with Gasteiger partial charge in [0.1, 0.15) is 5.75 Å². The highest BCUT2D eigenvalue weighted by Gasteiger charge is 2.10. The smallest absolute Gasteiger partial charge is 0.257 e. The van der Waals surface area contributed by atoms with Crippen LogP contribution in [-0.2, 0) is 0 Å². The summed E-state index contributed by atoms with van der Waals surface area (Å²) in [6.45, 7) is 4.04. The molecule has 0 spiro atoms. The fraction of sp³-hybridized carbons (Fsp3) is 0.222. The van der Waals surface area contributed by atoms with Crippen LogP contribution in [0.4, 0.5) is 5.69 Å². The van der Waals surface area contributed by atoms with Gasteiger partial charge in [-0.15, -0.1) is 0 Å². The third kappa shape index (κ3) is 5.62. The van der Waals surface area contributed by atoms with Crippen molar-refractivity contribution in [1.29, 1.82) is 0 Å². The quantitative estimate of drug-likeness (QED) is 0.703. The van der Waals surface area contributed by atoms with Gasteiger partial charge in [-0.05, 0) is 62.0 Å². The second kappa shape index (κ2) is 8.80. The number of hydrogen-bond donors (Lipinski definition) is 2. The summed E-state index contributed by atoms with van der Waals surface area (Å²) < 4.78 is 6.66. The molecule has 2 aromatic carbocycles. The van der Waals surface area contributed by atoms with Gasteiger partial charge in [-0.2, -0.15) is 0 Å². The van der Waals surface area contributed by atoms with Crippen molar-refractivity contribution in [3.63, 3.8) is 0 Å². The van der Waals surface area contributed by atoms with E-state index in [1.54, 1.807) is 18.2 Å². The predicted molar refractivity (Wildman–Crippen MR) is 105 cm³/mol. The number of rotatable bonds is 5. The minimum absolute atomic E-state index is 0.0996. The second-order valence-corrected chi connectivity index (χ2v) is 6.61. The Bertz CT molecular complexity index is 736. The van der Waals surface area contributed by atoms with E-state index in [0.717, 1.165) is 16.6 Å². The summed E-state index contributed by atoms with van der Waals surface area (Å²) in [5, 5.41) is 5.89. The van der Waals surface area contributed by atoms with Gasteiger partial charge >= 0.3 is 0 Å². The first-order chi connectivity index (χ1) is 11.5. The molecule has 0 aliphatic carbocycles. The number of anilines is 1. The molecule has 4 nitrogen and oxygen atoms in total. The average Bonchev–Trinajstić information content (AvgIpc) is 2.54. The molecule has 0 heterocycles. The first-order valence-electron chi connectivity index (χ1n) is 7.62. The number of thiocarbonyl (C=S) groups is 1. The minimum Gasteiger partial charge on any atom is -0.491 e. The topological polar surface area (TPSA) is 50.4 Å². The molecule has 0 bridgehead atoms. The van der Waals surface area contributed by atoms with E-state index in [4.69, 9.17) is 17.0 Å². The Hall–Kier alpha value is -1.92. The summed E-state index contributed by atoms with van der Waals surface area (Å²) in [5.41, 5.74) is 1.29. The number of amides is 1. The number of carbonyl (C=O) groups excluding carboxylic acids is 1. The lowest BCUT2D eigenvalue weighted by atomic mass is 10.2. The van der Waals surface area contributed by atoms with Crippen molar-refractivity contribution in [1.82, 2.24) is 5.32 Å². The van der Waals surface area contributed by atoms with Gasteiger partial charge < -0.3 is 10.1 Å². The summed E-state index contributed by atoms with van der Waals surface area (Å²) in [6.07, 6.45) is 0.999. The van der Waals surface area contributed by atoms with Gasteiger partial charge in [-0.1, -0.05) is 35.0 Å². The van der Waals surface area contributed by atoms with Crippen LogP contribution in [0, 0.1) is 0 Å². The first kappa shape index (κ1) is 18.4. The lowest BCUT2D eigenvalue weighted by Crippen LogP contribution is -2.34. The number of benzene rings is 2. The van der Waals surface area contributed by atoms with Crippen molar-refractivity contribution < 1.29 is 9.53 Å². The molecule has 0 fully saturated rings. The third-order valence-corrected chi connectivity index (χ3v) is 4.02. The van der Waals surface area contributed by atoms with Crippen molar-refractivity contribution in [2.24, 2.45) is 0 Å². The van der Waals surface area contributed by atoms with Gasteiger partial charge in [-0.25, -0.2) is 0 Å². The van der Waals surface area contributed by atoms with Crippen LogP contribution in [0.25, 0.3) is 0 Å². The average molecular weight is 407 g/mol. The Balaban J connectivity index is 1.98. The zero-order valence-corrected chi connectivity index (χ0v) is 15.9. The molecular weight excluding hydrogens is 388 g/mol. The van der Waals surface area contributed by atoms with Crippen molar-refractivity contribution in [2.45, 2.75) is 26.4 Å². The largest absolute Gasteiger partial charge is 0.491 e. The third-order valence-electron chi connectivity index (χ3n) is 3.32. The SMILES string of the molecule is CCC(C)Oc1cccc(C(=O)NC(=S)Nc2cccc(Br)c2)c1. The van der Waals surface area contributed by atoms with E-state index in [1.165, 1.54) is 0 Å². The lowest BCUT2D eigenvalue weighted by Gasteiger charge is -2.14. The van der Waals surface area contributed by atoms with E-state index in [1.807, 2.05) is 44.2 Å². The van der Waals surface area contributed by atoms with Gasteiger partial charge in [-0.3, -0.25) is 10.1 Å². The Morgan fingerprint density at radius 3 is 2.71 bits per heavy atom. The predicted octanol–water partition coefficient (Wildman–Crippen LogP) is 4.75. The number of halogens is 1. The molecule has 0 radical (unpaired) electrons. The van der Waals surface area contributed by atoms with Crippen molar-refractivity contribution in [2.75, 3.05) is 5.32 Å². The first-order valence-corrected chi connectivity index (χ1v) is 8.82. The van der Waals surface area contributed by atoms with Crippen LogP contribution < -0.4 is 15.4 Å². The van der Waals surface area contributed by atoms with E-state index in [0.29, 0.717) is 11.3 Å². The Labute approximate surface area is 155 Å². The molecule has 0 aliphatic rings. The highest BCUT2D eigenvalue weighted by molar-refractivity contribution is 9.10. The molecule has 0 saturated heterocycles. The van der Waals surface area contributed by atoms with Crippen molar-refractivity contribution >= 4 is 44.9 Å². The van der Waals surface area contributed by atoms with Crippen LogP contribution in [0.1, 0.15) is 30.6 Å². The Morgan fingerprint density at radius 1 is 1.25 bits per heavy atom. The summed E-state index contributed by atoms with van der Waals surface area (Å²) in [5.74, 6) is 0.389. The molecule has 6 heteroatoms. The van der Waals surface area contributed by atoms with E-state index in [-0.39, 0.29) is 17.1 Å². The normalized spacial score (nSPS) is 11.5. The maximum absolute atomic E-state index is 12.3. The zero-order valence-electron chi connectivity index (χ0n) is 13.5. The summed E-state index contributed by atoms with van der Waals surface area (Å²) in [7, 11) is 0. The molecule has 0 aromatic heterocycles. The molecule has 1 atom stereocenters. The fourth-order valence-corrected chi connectivity index (χ4v) is 2.54. The Morgan fingerprint density at radius 2 is 2.00 bits per heavy atom. The molecule has 2 N–H and O–H groups in total. The van der Waals surface area contributed by atoms with E-state index in [9.17, 15) is 4.79 Å². The number of nitrogens with one attached hydrogen (secondary N) is 2. The van der Waals surface area contributed by atoms with Crippen molar-refractivity contribution in [3.8, 4) is 5.75 Å². The Kier molecular flexibility index (Phi) is 6.75. The summed E-state index contributed by atoms with van der Waals surface area (Å²) >= 11 is 8.58. The molecule has 2 rings (SSSR count). The molecular formula is C18H19BrN2O2S. The second-order valence-electron chi connectivity index (χ2n) is 5.28. The van der Waals surface area contributed by atoms with Crippen LogP contribution in [0.3, 0.4) is 0 Å². The van der Waals surface area contributed by atoms with Crippen LogP contribution in [0.5, 0.6) is 5.75 Å². The molecule has 0 aliphatic heterocycles. The molecule has 2 aromatic rings. The van der Waals surface area contributed by atoms with Crippen LogP contribution in [-0.4, -0.2) is 17.1 Å². The number of carbonyl (C=O) groups is 1. The van der Waals surface area contributed by atoms with E-state index < -0.39 is 0 Å². The van der Waals surface area contributed by atoms with Crippen molar-refractivity contribution in [3.05, 3.63) is 58.6 Å². The van der Waals surface area contributed by atoms with Crippen LogP contribution in [0.15, 0.2) is 53.0 Å². The van der Waals surface area contributed by atoms with Crippen LogP contribution >= 0.6 is 28.1 Å². The van der Waals surface area contributed by atoms with E-state index in [2.05, 4.69) is 26.6 Å². The molecule has 1 unspecified atom stereocenters. The minimum atomic E-state index is -0.280. The highest BCUT2D eigenvalue weighted by atomic mass is 79.9. The number of hydrogen-bond acceptors (Lipinski definition) is 3. The van der Waals surface area contributed by atoms with Gasteiger partial charge in [0.05, 0.1) is 6.10 Å². The lowest BCUT2D eigenvalue weighted by molar-refractivity contribution is 0.0977. The van der Waals surface area contributed by atoms with Gasteiger partial charge in [0, 0.05) is 15.7 Å². The van der Waals surface area contributed by atoms with Crippen LogP contribution in [0.2, 0.25) is 0 Å². The highest BCUT2D eigenvalue weighted by Crippen LogP contribution is 2.17. The molecule has 0 saturated carbocycles. The fourth-order valence-electron chi connectivity index (χ4n) is 1.93. The maximum Gasteiger partial charge on any atom is 0.257 e. The van der Waals surface area contributed by atoms with E-state index >= 15 is 0 Å². The maximum atomic E-state index is 12.3. The molecule has 1 amide bonds. The monoisotopic (exact) mass is 406 g/mol. The summed E-state index contributed by atoms with van der Waals surface area (Å²) in [6, 6.07) is 14.6. The molecule has 24 heavy (non-hydrogen) atoms.